The molecule has 0 spiro atoms. The molecule has 6 heteroatoms. The van der Waals surface area contributed by atoms with Crippen molar-refractivity contribution in [2.24, 2.45) is 0 Å². The average molecular weight is 344 g/mol. The molecule has 2 aromatic heterocycles. The summed E-state index contributed by atoms with van der Waals surface area (Å²) in [5.74, 6) is -0.234. The fourth-order valence-corrected chi connectivity index (χ4v) is 3.43. The van der Waals surface area contributed by atoms with E-state index in [1.54, 1.807) is 23.5 Å². The van der Waals surface area contributed by atoms with Crippen LogP contribution in [-0.2, 0) is 6.54 Å². The Labute approximate surface area is 145 Å². The Balaban J connectivity index is 1.65. The van der Waals surface area contributed by atoms with Crippen LogP contribution in [0.1, 0.15) is 17.2 Å². The van der Waals surface area contributed by atoms with Crippen LogP contribution < -0.4 is 5.32 Å². The van der Waals surface area contributed by atoms with Gasteiger partial charge in [0.25, 0.3) is 0 Å². The number of aromatic nitrogens is 2. The lowest BCUT2D eigenvalue weighted by molar-refractivity contribution is 0.289. The van der Waals surface area contributed by atoms with E-state index in [-0.39, 0.29) is 5.82 Å². The largest absolute Gasteiger partial charge is 0.311 e. The fourth-order valence-electron chi connectivity index (χ4n) is 2.72. The van der Waals surface area contributed by atoms with Crippen molar-refractivity contribution in [3.63, 3.8) is 0 Å². The van der Waals surface area contributed by atoms with Crippen molar-refractivity contribution < 1.29 is 4.39 Å². The summed E-state index contributed by atoms with van der Waals surface area (Å²) in [4.78, 5) is 2.21. The number of hydrogen-bond acceptors (Lipinski definition) is 4. The summed E-state index contributed by atoms with van der Waals surface area (Å²) in [7, 11) is 4.18. The maximum Gasteiger partial charge on any atom is 0.123 e. The molecule has 0 aliphatic carbocycles. The Morgan fingerprint density at radius 3 is 2.71 bits per heavy atom. The van der Waals surface area contributed by atoms with Crippen molar-refractivity contribution in [2.45, 2.75) is 12.6 Å². The number of H-pyrrole nitrogens is 1. The maximum absolute atomic E-state index is 13.1. The van der Waals surface area contributed by atoms with Crippen molar-refractivity contribution in [1.82, 2.24) is 20.4 Å². The van der Waals surface area contributed by atoms with E-state index >= 15 is 0 Å². The van der Waals surface area contributed by atoms with Crippen LogP contribution in [0.15, 0.2) is 47.3 Å². The minimum atomic E-state index is -0.234. The highest BCUT2D eigenvalue weighted by atomic mass is 32.1. The van der Waals surface area contributed by atoms with Crippen molar-refractivity contribution in [1.29, 1.82) is 0 Å². The Kier molecular flexibility index (Phi) is 5.40. The van der Waals surface area contributed by atoms with Crippen LogP contribution in [0.4, 0.5) is 4.39 Å². The van der Waals surface area contributed by atoms with Crippen LogP contribution in [-0.4, -0.2) is 35.7 Å². The van der Waals surface area contributed by atoms with E-state index in [1.165, 1.54) is 17.7 Å². The molecular weight excluding hydrogens is 323 g/mol. The lowest BCUT2D eigenvalue weighted by Crippen LogP contribution is -2.30. The Hall–Kier alpha value is -2.02. The lowest BCUT2D eigenvalue weighted by atomic mass is 10.1. The molecule has 3 aromatic rings. The van der Waals surface area contributed by atoms with Gasteiger partial charge in [-0.05, 0) is 60.8 Å². The van der Waals surface area contributed by atoms with Gasteiger partial charge in [-0.25, -0.2) is 4.39 Å². The summed E-state index contributed by atoms with van der Waals surface area (Å²) in [5.41, 5.74) is 4.26. The summed E-state index contributed by atoms with van der Waals surface area (Å²) in [6, 6.07) is 8.95. The first kappa shape index (κ1) is 16.8. The molecule has 0 radical (unpaired) electrons. The van der Waals surface area contributed by atoms with E-state index in [0.29, 0.717) is 12.6 Å². The maximum atomic E-state index is 13.1. The molecule has 0 aliphatic heterocycles. The first-order chi connectivity index (χ1) is 11.6. The SMILES string of the molecule is CN(C)[C@H](CNCc1cn[nH]c1-c1ccc(F)cc1)c1ccsc1. The highest BCUT2D eigenvalue weighted by Gasteiger charge is 2.15. The first-order valence-corrected chi connectivity index (χ1v) is 8.77. The number of nitrogens with one attached hydrogen (secondary N) is 2. The fraction of sp³-hybridized carbons (Fsp3) is 0.278. The Bertz CT molecular complexity index is 750. The summed E-state index contributed by atoms with van der Waals surface area (Å²) >= 11 is 1.72. The number of halogens is 1. The van der Waals surface area contributed by atoms with Gasteiger partial charge in [-0.3, -0.25) is 5.10 Å². The second-order valence-electron chi connectivity index (χ2n) is 5.94. The molecule has 0 fully saturated rings. The third-order valence-electron chi connectivity index (χ3n) is 4.06. The molecule has 0 amide bonds. The van der Waals surface area contributed by atoms with E-state index in [1.807, 2.05) is 6.20 Å². The van der Waals surface area contributed by atoms with E-state index < -0.39 is 0 Å². The molecule has 24 heavy (non-hydrogen) atoms. The van der Waals surface area contributed by atoms with Gasteiger partial charge in [0.2, 0.25) is 0 Å². The molecular formula is C18H21FN4S. The quantitative estimate of drug-likeness (QED) is 0.687. The lowest BCUT2D eigenvalue weighted by Gasteiger charge is -2.24. The van der Waals surface area contributed by atoms with Gasteiger partial charge in [-0.15, -0.1) is 0 Å². The van der Waals surface area contributed by atoms with Gasteiger partial charge in [0.05, 0.1) is 11.9 Å². The standard InChI is InChI=1S/C18H21FN4S/c1-23(2)17(14-7-8-24-12-14)11-20-9-15-10-21-22-18(15)13-3-5-16(19)6-4-13/h3-8,10,12,17,20H,9,11H2,1-2H3,(H,21,22)/t17-/m1/s1. The van der Waals surface area contributed by atoms with Crippen LogP contribution in [0.25, 0.3) is 11.3 Å². The number of thiophene rings is 1. The Morgan fingerprint density at radius 1 is 1.25 bits per heavy atom. The zero-order valence-corrected chi connectivity index (χ0v) is 14.6. The zero-order chi connectivity index (χ0) is 16.9. The summed E-state index contributed by atoms with van der Waals surface area (Å²) < 4.78 is 13.1. The van der Waals surface area contributed by atoms with E-state index in [2.05, 4.69) is 51.3 Å². The summed E-state index contributed by atoms with van der Waals surface area (Å²) in [6.45, 7) is 1.55. The molecule has 2 N–H and O–H groups in total. The van der Waals surface area contributed by atoms with Gasteiger partial charge in [-0.1, -0.05) is 0 Å². The van der Waals surface area contributed by atoms with Crippen molar-refractivity contribution in [3.05, 3.63) is 64.2 Å². The predicted octanol–water partition coefficient (Wildman–Crippen LogP) is 3.67. The minimum Gasteiger partial charge on any atom is -0.311 e. The molecule has 3 rings (SSSR count). The van der Waals surface area contributed by atoms with Gasteiger partial charge in [0.1, 0.15) is 5.82 Å². The van der Waals surface area contributed by atoms with Crippen LogP contribution in [0.5, 0.6) is 0 Å². The number of benzene rings is 1. The highest BCUT2D eigenvalue weighted by Crippen LogP contribution is 2.23. The number of hydrogen-bond donors (Lipinski definition) is 2. The zero-order valence-electron chi connectivity index (χ0n) is 13.8. The van der Waals surface area contributed by atoms with Crippen molar-refractivity contribution in [3.8, 4) is 11.3 Å². The number of nitrogens with zero attached hydrogens (tertiary/aromatic N) is 2. The second kappa shape index (κ2) is 7.70. The molecule has 1 atom stereocenters. The second-order valence-corrected chi connectivity index (χ2v) is 6.72. The van der Waals surface area contributed by atoms with Crippen LogP contribution in [0.2, 0.25) is 0 Å². The normalized spacial score (nSPS) is 12.7. The monoisotopic (exact) mass is 344 g/mol. The summed E-state index contributed by atoms with van der Waals surface area (Å²) in [6.07, 6.45) is 1.82. The van der Waals surface area contributed by atoms with Gasteiger partial charge >= 0.3 is 0 Å². The number of rotatable bonds is 7. The Morgan fingerprint density at radius 2 is 2.04 bits per heavy atom. The van der Waals surface area contributed by atoms with Crippen LogP contribution in [0.3, 0.4) is 0 Å². The average Bonchev–Trinajstić information content (AvgIpc) is 3.23. The molecule has 4 nitrogen and oxygen atoms in total. The van der Waals surface area contributed by atoms with Crippen molar-refractivity contribution >= 4 is 11.3 Å². The van der Waals surface area contributed by atoms with Crippen LogP contribution >= 0.6 is 11.3 Å². The molecule has 0 bridgehead atoms. The van der Waals surface area contributed by atoms with Gasteiger partial charge in [0, 0.05) is 30.3 Å². The highest BCUT2D eigenvalue weighted by molar-refractivity contribution is 7.07. The van der Waals surface area contributed by atoms with Crippen molar-refractivity contribution in [2.75, 3.05) is 20.6 Å². The minimum absolute atomic E-state index is 0.234. The molecule has 0 saturated carbocycles. The van der Waals surface area contributed by atoms with E-state index in [9.17, 15) is 4.39 Å². The third-order valence-corrected chi connectivity index (χ3v) is 4.76. The molecule has 0 aliphatic rings. The number of aromatic amines is 1. The molecule has 2 heterocycles. The van der Waals surface area contributed by atoms with E-state index in [4.69, 9.17) is 0 Å². The topological polar surface area (TPSA) is 44.0 Å². The molecule has 126 valence electrons. The third kappa shape index (κ3) is 3.90. The predicted molar refractivity (Wildman–Crippen MR) is 96.4 cm³/mol. The first-order valence-electron chi connectivity index (χ1n) is 7.82. The summed E-state index contributed by atoms with van der Waals surface area (Å²) in [5, 5.41) is 14.9. The van der Waals surface area contributed by atoms with Gasteiger partial charge in [-0.2, -0.15) is 16.4 Å². The number of likely N-dealkylation sites (N-methyl/N-ethyl adjacent to an activating group) is 1. The van der Waals surface area contributed by atoms with Gasteiger partial charge in [0.15, 0.2) is 0 Å². The van der Waals surface area contributed by atoms with Gasteiger partial charge < -0.3 is 10.2 Å². The molecule has 0 saturated heterocycles. The van der Waals surface area contributed by atoms with Crippen LogP contribution in [0, 0.1) is 5.82 Å². The molecule has 1 aromatic carbocycles. The smallest absolute Gasteiger partial charge is 0.123 e. The van der Waals surface area contributed by atoms with E-state index in [0.717, 1.165) is 23.4 Å². The molecule has 0 unspecified atom stereocenters.